The Kier molecular flexibility index (Phi) is 3.90. The highest BCUT2D eigenvalue weighted by Gasteiger charge is 2.34. The molecule has 0 bridgehead atoms. The van der Waals surface area contributed by atoms with E-state index in [0.29, 0.717) is 18.2 Å². The molecule has 1 fully saturated rings. The Morgan fingerprint density at radius 2 is 2.41 bits per heavy atom. The van der Waals surface area contributed by atoms with Crippen molar-refractivity contribution >= 4 is 35.1 Å². The SMILES string of the molecule is O=C(O)C1CSCN1C(=O)NCc1ccsc1. The van der Waals surface area contributed by atoms with Crippen molar-refractivity contribution in [3.8, 4) is 0 Å². The predicted molar refractivity (Wildman–Crippen MR) is 67.1 cm³/mol. The standard InChI is InChI=1S/C10H12N2O3S2/c13-9(14)8-5-17-6-12(8)10(15)11-3-7-1-2-16-4-7/h1-2,4,8H,3,5-6H2,(H,11,15)(H,13,14). The van der Waals surface area contributed by atoms with Crippen LogP contribution in [0.25, 0.3) is 0 Å². The molecule has 5 nitrogen and oxygen atoms in total. The number of urea groups is 1. The molecule has 0 radical (unpaired) electrons. The van der Waals surface area contributed by atoms with E-state index in [1.54, 1.807) is 11.3 Å². The fourth-order valence-corrected chi connectivity index (χ4v) is 3.33. The van der Waals surface area contributed by atoms with Crippen molar-refractivity contribution in [1.29, 1.82) is 0 Å². The fraction of sp³-hybridized carbons (Fsp3) is 0.400. The van der Waals surface area contributed by atoms with Crippen molar-refractivity contribution in [2.45, 2.75) is 12.6 Å². The van der Waals surface area contributed by atoms with Gasteiger partial charge in [-0.3, -0.25) is 0 Å². The quantitative estimate of drug-likeness (QED) is 0.873. The summed E-state index contributed by atoms with van der Waals surface area (Å²) >= 11 is 3.02. The zero-order valence-electron chi connectivity index (χ0n) is 8.96. The highest BCUT2D eigenvalue weighted by Crippen LogP contribution is 2.21. The van der Waals surface area contributed by atoms with Gasteiger partial charge in [0.1, 0.15) is 6.04 Å². The van der Waals surface area contributed by atoms with Crippen molar-refractivity contribution < 1.29 is 14.7 Å². The number of carbonyl (C=O) groups is 2. The van der Waals surface area contributed by atoms with Crippen molar-refractivity contribution in [1.82, 2.24) is 10.2 Å². The van der Waals surface area contributed by atoms with Gasteiger partial charge >= 0.3 is 12.0 Å². The second-order valence-corrected chi connectivity index (χ2v) is 5.39. The van der Waals surface area contributed by atoms with Crippen molar-refractivity contribution in [2.75, 3.05) is 11.6 Å². The van der Waals surface area contributed by atoms with Crippen LogP contribution in [0, 0.1) is 0 Å². The van der Waals surface area contributed by atoms with Crippen LogP contribution in [0.1, 0.15) is 5.56 Å². The maximum Gasteiger partial charge on any atom is 0.327 e. The summed E-state index contributed by atoms with van der Waals surface area (Å²) in [5.41, 5.74) is 1.03. The van der Waals surface area contributed by atoms with Crippen LogP contribution in [-0.4, -0.2) is 39.7 Å². The Morgan fingerprint density at radius 3 is 3.06 bits per heavy atom. The number of hydrogen-bond acceptors (Lipinski definition) is 4. The molecule has 1 unspecified atom stereocenters. The number of aliphatic carboxylic acids is 1. The van der Waals surface area contributed by atoms with Gasteiger partial charge in [-0.1, -0.05) is 0 Å². The van der Waals surface area contributed by atoms with Gasteiger partial charge < -0.3 is 15.3 Å². The minimum Gasteiger partial charge on any atom is -0.480 e. The Labute approximate surface area is 107 Å². The van der Waals surface area contributed by atoms with Crippen LogP contribution in [-0.2, 0) is 11.3 Å². The van der Waals surface area contributed by atoms with E-state index in [0.717, 1.165) is 5.56 Å². The lowest BCUT2D eigenvalue weighted by Crippen LogP contribution is -2.46. The summed E-state index contributed by atoms with van der Waals surface area (Å²) in [6, 6.07) is 0.911. The van der Waals surface area contributed by atoms with Crippen LogP contribution in [0.3, 0.4) is 0 Å². The molecule has 1 aromatic heterocycles. The summed E-state index contributed by atoms with van der Waals surface area (Å²) in [6.07, 6.45) is 0. The molecule has 2 amide bonds. The van der Waals surface area contributed by atoms with Gasteiger partial charge in [-0.2, -0.15) is 11.3 Å². The average Bonchev–Trinajstić information content (AvgIpc) is 2.96. The first-order valence-corrected chi connectivity index (χ1v) is 7.14. The molecule has 0 saturated carbocycles. The molecule has 1 aliphatic heterocycles. The lowest BCUT2D eigenvalue weighted by Gasteiger charge is -2.20. The van der Waals surface area contributed by atoms with Crippen LogP contribution in [0.4, 0.5) is 4.79 Å². The summed E-state index contributed by atoms with van der Waals surface area (Å²) in [5, 5.41) is 15.6. The van der Waals surface area contributed by atoms with Gasteiger partial charge in [-0.15, -0.1) is 11.8 Å². The monoisotopic (exact) mass is 272 g/mol. The number of thioether (sulfide) groups is 1. The minimum atomic E-state index is -0.944. The number of carboxylic acid groups (broad SMARTS) is 1. The summed E-state index contributed by atoms with van der Waals surface area (Å²) in [6.45, 7) is 0.440. The number of nitrogens with one attached hydrogen (secondary N) is 1. The smallest absolute Gasteiger partial charge is 0.327 e. The molecule has 1 saturated heterocycles. The molecular weight excluding hydrogens is 260 g/mol. The first-order valence-electron chi connectivity index (χ1n) is 5.04. The van der Waals surface area contributed by atoms with Crippen LogP contribution >= 0.6 is 23.1 Å². The maximum absolute atomic E-state index is 11.8. The summed E-state index contributed by atoms with van der Waals surface area (Å²) < 4.78 is 0. The van der Waals surface area contributed by atoms with E-state index >= 15 is 0 Å². The van der Waals surface area contributed by atoms with E-state index in [1.165, 1.54) is 16.7 Å². The molecule has 1 aromatic rings. The molecule has 0 spiro atoms. The first-order chi connectivity index (χ1) is 8.18. The van der Waals surface area contributed by atoms with Crippen LogP contribution in [0.2, 0.25) is 0 Å². The summed E-state index contributed by atoms with van der Waals surface area (Å²) in [7, 11) is 0. The van der Waals surface area contributed by atoms with E-state index in [2.05, 4.69) is 5.32 Å². The Hall–Kier alpha value is -1.21. The molecular formula is C10H12N2O3S2. The minimum absolute atomic E-state index is 0.311. The van der Waals surface area contributed by atoms with E-state index < -0.39 is 12.0 Å². The van der Waals surface area contributed by atoms with Crippen LogP contribution < -0.4 is 5.32 Å². The van der Waals surface area contributed by atoms with Crippen molar-refractivity contribution in [3.63, 3.8) is 0 Å². The lowest BCUT2D eigenvalue weighted by atomic mass is 10.3. The Bertz CT molecular complexity index is 408. The molecule has 92 valence electrons. The second-order valence-electron chi connectivity index (χ2n) is 3.61. The van der Waals surface area contributed by atoms with Gasteiger partial charge in [-0.25, -0.2) is 9.59 Å². The topological polar surface area (TPSA) is 69.6 Å². The third-order valence-electron chi connectivity index (χ3n) is 2.45. The normalized spacial score (nSPS) is 19.3. The summed E-state index contributed by atoms with van der Waals surface area (Å²) in [4.78, 5) is 24.1. The molecule has 1 aliphatic rings. The van der Waals surface area contributed by atoms with Gasteiger partial charge in [0.2, 0.25) is 0 Å². The van der Waals surface area contributed by atoms with Gasteiger partial charge in [0, 0.05) is 12.3 Å². The van der Waals surface area contributed by atoms with Crippen molar-refractivity contribution in [2.24, 2.45) is 0 Å². The third kappa shape index (κ3) is 2.92. The molecule has 1 atom stereocenters. The highest BCUT2D eigenvalue weighted by molar-refractivity contribution is 7.99. The second kappa shape index (κ2) is 5.42. The molecule has 17 heavy (non-hydrogen) atoms. The molecule has 2 N–H and O–H groups in total. The zero-order chi connectivity index (χ0) is 12.3. The van der Waals surface area contributed by atoms with Gasteiger partial charge in [0.25, 0.3) is 0 Å². The van der Waals surface area contributed by atoms with Crippen LogP contribution in [0.15, 0.2) is 16.8 Å². The van der Waals surface area contributed by atoms with Crippen molar-refractivity contribution in [3.05, 3.63) is 22.4 Å². The number of carboxylic acids is 1. The first kappa shape index (κ1) is 12.3. The number of carbonyl (C=O) groups excluding carboxylic acids is 1. The molecule has 2 rings (SSSR count). The number of amides is 2. The third-order valence-corrected chi connectivity index (χ3v) is 4.20. The number of thiophene rings is 1. The Balaban J connectivity index is 1.89. The lowest BCUT2D eigenvalue weighted by molar-refractivity contribution is -0.140. The number of hydrogen-bond donors (Lipinski definition) is 2. The Morgan fingerprint density at radius 1 is 1.59 bits per heavy atom. The number of nitrogens with zero attached hydrogens (tertiary/aromatic N) is 1. The van der Waals surface area contributed by atoms with E-state index in [4.69, 9.17) is 5.11 Å². The zero-order valence-corrected chi connectivity index (χ0v) is 10.6. The molecule has 0 aromatic carbocycles. The summed E-state index contributed by atoms with van der Waals surface area (Å²) in [5.74, 6) is -0.0473. The van der Waals surface area contributed by atoms with Crippen LogP contribution in [0.5, 0.6) is 0 Å². The molecule has 7 heteroatoms. The maximum atomic E-state index is 11.8. The van der Waals surface area contributed by atoms with E-state index in [9.17, 15) is 9.59 Å². The van der Waals surface area contributed by atoms with Gasteiger partial charge in [0.15, 0.2) is 0 Å². The highest BCUT2D eigenvalue weighted by atomic mass is 32.2. The van der Waals surface area contributed by atoms with E-state index in [-0.39, 0.29) is 6.03 Å². The molecule has 0 aliphatic carbocycles. The van der Waals surface area contributed by atoms with Gasteiger partial charge in [0.05, 0.1) is 5.88 Å². The van der Waals surface area contributed by atoms with E-state index in [1.807, 2.05) is 16.8 Å². The largest absolute Gasteiger partial charge is 0.480 e. The predicted octanol–water partition coefficient (Wildman–Crippen LogP) is 1.42. The number of rotatable bonds is 3. The fourth-order valence-electron chi connectivity index (χ4n) is 1.52. The average molecular weight is 272 g/mol. The van der Waals surface area contributed by atoms with Gasteiger partial charge in [-0.05, 0) is 22.4 Å². The molecule has 2 heterocycles.